The SMILES string of the molecule is CCCC(=O)Nc1cccc(-c2ccnc3c(C#N)cnn23)c1. The quantitative estimate of drug-likeness (QED) is 0.803. The molecule has 0 aliphatic rings. The monoisotopic (exact) mass is 305 g/mol. The number of amides is 1. The number of rotatable bonds is 4. The largest absolute Gasteiger partial charge is 0.326 e. The van der Waals surface area contributed by atoms with Crippen LogP contribution in [0.1, 0.15) is 25.3 Å². The summed E-state index contributed by atoms with van der Waals surface area (Å²) in [5, 5.41) is 16.2. The summed E-state index contributed by atoms with van der Waals surface area (Å²) in [7, 11) is 0. The Balaban J connectivity index is 2.01. The van der Waals surface area contributed by atoms with Gasteiger partial charge >= 0.3 is 0 Å². The van der Waals surface area contributed by atoms with Crippen LogP contribution in [0.4, 0.5) is 5.69 Å². The molecule has 0 aliphatic carbocycles. The average Bonchev–Trinajstić information content (AvgIpc) is 2.98. The van der Waals surface area contributed by atoms with Crippen molar-refractivity contribution in [2.75, 3.05) is 5.32 Å². The predicted molar refractivity (Wildman–Crippen MR) is 86.7 cm³/mol. The Morgan fingerprint density at radius 3 is 3.04 bits per heavy atom. The van der Waals surface area contributed by atoms with Gasteiger partial charge < -0.3 is 5.32 Å². The number of hydrogen-bond acceptors (Lipinski definition) is 4. The van der Waals surface area contributed by atoms with Gasteiger partial charge in [-0.2, -0.15) is 10.4 Å². The third-order valence-corrected chi connectivity index (χ3v) is 3.44. The summed E-state index contributed by atoms with van der Waals surface area (Å²) >= 11 is 0. The summed E-state index contributed by atoms with van der Waals surface area (Å²) < 4.78 is 1.63. The molecule has 0 saturated carbocycles. The maximum atomic E-state index is 11.7. The number of carbonyl (C=O) groups is 1. The molecule has 2 aromatic heterocycles. The Morgan fingerprint density at radius 2 is 2.26 bits per heavy atom. The molecular weight excluding hydrogens is 290 g/mol. The van der Waals surface area contributed by atoms with E-state index in [0.29, 0.717) is 17.6 Å². The van der Waals surface area contributed by atoms with Crippen molar-refractivity contribution in [1.29, 1.82) is 5.26 Å². The zero-order valence-electron chi connectivity index (χ0n) is 12.7. The molecule has 0 spiro atoms. The first-order valence-corrected chi connectivity index (χ1v) is 7.36. The number of benzene rings is 1. The second-order valence-corrected chi connectivity index (χ2v) is 5.11. The number of fused-ring (bicyclic) bond motifs is 1. The highest BCUT2D eigenvalue weighted by Gasteiger charge is 2.10. The Hall–Kier alpha value is -3.20. The van der Waals surface area contributed by atoms with Gasteiger partial charge in [0.25, 0.3) is 0 Å². The van der Waals surface area contributed by atoms with Crippen LogP contribution in [0, 0.1) is 11.3 Å². The highest BCUT2D eigenvalue weighted by molar-refractivity contribution is 5.91. The molecule has 0 bridgehead atoms. The minimum absolute atomic E-state index is 0.00428. The van der Waals surface area contributed by atoms with E-state index >= 15 is 0 Å². The van der Waals surface area contributed by atoms with Crippen molar-refractivity contribution in [1.82, 2.24) is 14.6 Å². The van der Waals surface area contributed by atoms with E-state index in [1.54, 1.807) is 10.7 Å². The molecule has 0 unspecified atom stereocenters. The second kappa shape index (κ2) is 6.28. The van der Waals surface area contributed by atoms with Crippen LogP contribution in [-0.2, 0) is 4.79 Å². The van der Waals surface area contributed by atoms with Crippen LogP contribution >= 0.6 is 0 Å². The fourth-order valence-corrected chi connectivity index (χ4v) is 2.40. The fourth-order valence-electron chi connectivity index (χ4n) is 2.40. The predicted octanol–water partition coefficient (Wildman–Crippen LogP) is 3.01. The lowest BCUT2D eigenvalue weighted by Gasteiger charge is -2.08. The van der Waals surface area contributed by atoms with E-state index in [9.17, 15) is 4.79 Å². The number of nitriles is 1. The van der Waals surface area contributed by atoms with Crippen LogP contribution in [0.2, 0.25) is 0 Å². The molecule has 23 heavy (non-hydrogen) atoms. The Morgan fingerprint density at radius 1 is 1.39 bits per heavy atom. The lowest BCUT2D eigenvalue weighted by Crippen LogP contribution is -2.10. The van der Waals surface area contributed by atoms with Crippen LogP contribution in [-0.4, -0.2) is 20.5 Å². The Kier molecular flexibility index (Phi) is 4.02. The van der Waals surface area contributed by atoms with Gasteiger partial charge in [-0.3, -0.25) is 4.79 Å². The van der Waals surface area contributed by atoms with Crippen molar-refractivity contribution in [2.45, 2.75) is 19.8 Å². The van der Waals surface area contributed by atoms with Crippen molar-refractivity contribution in [3.63, 3.8) is 0 Å². The fraction of sp³-hybridized carbons (Fsp3) is 0.176. The molecule has 0 radical (unpaired) electrons. The first-order valence-electron chi connectivity index (χ1n) is 7.36. The normalized spacial score (nSPS) is 10.4. The number of nitrogens with zero attached hydrogens (tertiary/aromatic N) is 4. The van der Waals surface area contributed by atoms with Crippen LogP contribution in [0.5, 0.6) is 0 Å². The molecular formula is C17H15N5O. The number of carbonyl (C=O) groups excluding carboxylic acids is 1. The first kappa shape index (κ1) is 14.7. The van der Waals surface area contributed by atoms with E-state index in [1.807, 2.05) is 37.3 Å². The number of aromatic nitrogens is 3. The number of nitrogens with one attached hydrogen (secondary N) is 1. The minimum Gasteiger partial charge on any atom is -0.326 e. The molecule has 1 N–H and O–H groups in total. The van der Waals surface area contributed by atoms with Gasteiger partial charge in [0.15, 0.2) is 5.65 Å². The molecule has 1 amide bonds. The third-order valence-electron chi connectivity index (χ3n) is 3.44. The lowest BCUT2D eigenvalue weighted by molar-refractivity contribution is -0.116. The maximum absolute atomic E-state index is 11.7. The van der Waals surface area contributed by atoms with Crippen LogP contribution in [0.15, 0.2) is 42.7 Å². The molecule has 0 aliphatic heterocycles. The molecule has 0 fully saturated rings. The Labute approximate surface area is 133 Å². The third kappa shape index (κ3) is 2.90. The summed E-state index contributed by atoms with van der Waals surface area (Å²) in [6, 6.07) is 11.4. The van der Waals surface area contributed by atoms with E-state index in [1.165, 1.54) is 6.20 Å². The van der Waals surface area contributed by atoms with Gasteiger partial charge in [-0.25, -0.2) is 9.50 Å². The standard InChI is InChI=1S/C17H15N5O/c1-2-4-16(23)21-14-6-3-5-12(9-14)15-7-8-19-17-13(10-18)11-20-22(15)17/h3,5-9,11H,2,4H2,1H3,(H,21,23). The maximum Gasteiger partial charge on any atom is 0.224 e. The van der Waals surface area contributed by atoms with Gasteiger partial charge in [0.2, 0.25) is 5.91 Å². The van der Waals surface area contributed by atoms with Gasteiger partial charge in [0.1, 0.15) is 11.6 Å². The number of hydrogen-bond donors (Lipinski definition) is 1. The van der Waals surface area contributed by atoms with Gasteiger partial charge in [0.05, 0.1) is 11.9 Å². The zero-order valence-corrected chi connectivity index (χ0v) is 12.7. The minimum atomic E-state index is -0.00428. The molecule has 3 aromatic rings. The van der Waals surface area contributed by atoms with E-state index < -0.39 is 0 Å². The van der Waals surface area contributed by atoms with Gasteiger partial charge in [-0.05, 0) is 24.6 Å². The molecule has 0 atom stereocenters. The summed E-state index contributed by atoms with van der Waals surface area (Å²) in [4.78, 5) is 15.9. The molecule has 6 heteroatoms. The summed E-state index contributed by atoms with van der Waals surface area (Å²) in [5.41, 5.74) is 3.38. The molecule has 1 aromatic carbocycles. The van der Waals surface area contributed by atoms with Crippen molar-refractivity contribution in [3.8, 4) is 17.3 Å². The molecule has 6 nitrogen and oxygen atoms in total. The second-order valence-electron chi connectivity index (χ2n) is 5.11. The Bertz CT molecular complexity index is 907. The van der Waals surface area contributed by atoms with Gasteiger partial charge in [0, 0.05) is 23.9 Å². The number of anilines is 1. The average molecular weight is 305 g/mol. The van der Waals surface area contributed by atoms with E-state index in [-0.39, 0.29) is 5.91 Å². The highest BCUT2D eigenvalue weighted by atomic mass is 16.1. The molecule has 114 valence electrons. The molecule has 3 rings (SSSR count). The van der Waals surface area contributed by atoms with E-state index in [4.69, 9.17) is 5.26 Å². The summed E-state index contributed by atoms with van der Waals surface area (Å²) in [6.07, 6.45) is 4.45. The zero-order chi connectivity index (χ0) is 16.2. The van der Waals surface area contributed by atoms with E-state index in [2.05, 4.69) is 21.5 Å². The van der Waals surface area contributed by atoms with Gasteiger partial charge in [-0.1, -0.05) is 19.1 Å². The lowest BCUT2D eigenvalue weighted by atomic mass is 10.1. The summed E-state index contributed by atoms with van der Waals surface area (Å²) in [5.74, 6) is -0.00428. The van der Waals surface area contributed by atoms with Gasteiger partial charge in [-0.15, -0.1) is 0 Å². The highest BCUT2D eigenvalue weighted by Crippen LogP contribution is 2.23. The van der Waals surface area contributed by atoms with Crippen LogP contribution in [0.3, 0.4) is 0 Å². The molecule has 2 heterocycles. The van der Waals surface area contributed by atoms with Crippen LogP contribution < -0.4 is 5.32 Å². The summed E-state index contributed by atoms with van der Waals surface area (Å²) in [6.45, 7) is 1.97. The first-order chi connectivity index (χ1) is 11.2. The van der Waals surface area contributed by atoms with Crippen molar-refractivity contribution >= 4 is 17.2 Å². The van der Waals surface area contributed by atoms with Crippen molar-refractivity contribution < 1.29 is 4.79 Å². The van der Waals surface area contributed by atoms with E-state index in [0.717, 1.165) is 23.4 Å². The topological polar surface area (TPSA) is 83.1 Å². The van der Waals surface area contributed by atoms with Crippen molar-refractivity contribution in [3.05, 3.63) is 48.3 Å². The smallest absolute Gasteiger partial charge is 0.224 e. The van der Waals surface area contributed by atoms with Crippen LogP contribution in [0.25, 0.3) is 16.9 Å². The molecule has 0 saturated heterocycles. The van der Waals surface area contributed by atoms with Crippen molar-refractivity contribution in [2.24, 2.45) is 0 Å².